The van der Waals surface area contributed by atoms with Gasteiger partial charge in [0.05, 0.1) is 0 Å². The van der Waals surface area contributed by atoms with Crippen LogP contribution in [0.25, 0.3) is 0 Å². The molecule has 15 heteroatoms. The number of carbonyl (C=O) groups is 3. The third-order valence-corrected chi connectivity index (χ3v) is 5.55. The summed E-state index contributed by atoms with van der Waals surface area (Å²) in [5.41, 5.74) is 10.9. The van der Waals surface area contributed by atoms with Crippen molar-refractivity contribution in [3.8, 4) is 0 Å². The lowest BCUT2D eigenvalue weighted by Crippen LogP contribution is -2.70. The number of nitrogen functional groups attached to an aromatic ring is 1. The standard InChI is InChI=1S/C14H16N6O5S2.2ClH/c15-2-3-25-19-8(6-5-27-14(16)17-6)10(21)18-9-11(22)20-7(13(23)24)1-4-26-12(9)20;;/h1,5,9,12H,2-4,15H2,(H2,16,17)(H,18,21)(H,23,24);2*1H/b19-8-;;/t9?,12-;;/m1../s1. The van der Waals surface area contributed by atoms with Gasteiger partial charge in [0.15, 0.2) is 10.8 Å². The van der Waals surface area contributed by atoms with Crippen LogP contribution in [-0.2, 0) is 19.2 Å². The van der Waals surface area contributed by atoms with E-state index in [1.54, 1.807) is 0 Å². The van der Waals surface area contributed by atoms with Crippen LogP contribution >= 0.6 is 47.9 Å². The number of aliphatic carboxylic acids is 1. The monoisotopic (exact) mass is 484 g/mol. The Morgan fingerprint density at radius 3 is 2.76 bits per heavy atom. The Morgan fingerprint density at radius 1 is 1.45 bits per heavy atom. The summed E-state index contributed by atoms with van der Waals surface area (Å²) in [6.07, 6.45) is 1.46. The lowest BCUT2D eigenvalue weighted by molar-refractivity contribution is -0.150. The molecule has 0 radical (unpaired) electrons. The number of hydrogen-bond donors (Lipinski definition) is 4. The third-order valence-electron chi connectivity index (χ3n) is 3.70. The number of anilines is 1. The van der Waals surface area contributed by atoms with E-state index in [4.69, 9.17) is 16.3 Å². The molecule has 3 rings (SSSR count). The SMILES string of the molecule is Cl.Cl.NCCO/N=C(\C(=O)NC1C(=O)N2C(C(=O)O)=CCS[C@H]12)c1csc(N)n1. The number of nitrogens with zero attached hydrogens (tertiary/aromatic N) is 3. The molecule has 1 aromatic heterocycles. The van der Waals surface area contributed by atoms with Crippen LogP contribution < -0.4 is 16.8 Å². The molecule has 0 saturated carbocycles. The van der Waals surface area contributed by atoms with E-state index in [-0.39, 0.29) is 60.2 Å². The van der Waals surface area contributed by atoms with Gasteiger partial charge in [-0.25, -0.2) is 9.78 Å². The van der Waals surface area contributed by atoms with Gasteiger partial charge in [-0.3, -0.25) is 14.5 Å². The van der Waals surface area contributed by atoms with E-state index in [1.165, 1.54) is 23.2 Å². The van der Waals surface area contributed by atoms with Crippen molar-refractivity contribution < 1.29 is 24.3 Å². The molecule has 0 aromatic carbocycles. The minimum Gasteiger partial charge on any atom is -0.477 e. The molecule has 0 aliphatic carbocycles. The highest BCUT2D eigenvalue weighted by atomic mass is 35.5. The number of thiazole rings is 1. The predicted molar refractivity (Wildman–Crippen MR) is 113 cm³/mol. The van der Waals surface area contributed by atoms with Crippen LogP contribution in [0.1, 0.15) is 5.69 Å². The molecule has 2 atom stereocenters. The second-order valence-corrected chi connectivity index (χ2v) is 7.45. The summed E-state index contributed by atoms with van der Waals surface area (Å²) >= 11 is 2.47. The Bertz CT molecular complexity index is 848. The number of hydrogen-bond acceptors (Lipinski definition) is 10. The lowest BCUT2D eigenvalue weighted by atomic mass is 10.0. The van der Waals surface area contributed by atoms with Crippen LogP contribution in [0.3, 0.4) is 0 Å². The highest BCUT2D eigenvalue weighted by molar-refractivity contribution is 8.00. The zero-order valence-corrected chi connectivity index (χ0v) is 17.9. The number of halogens is 2. The fourth-order valence-corrected chi connectivity index (χ4v) is 4.25. The maximum absolute atomic E-state index is 12.6. The van der Waals surface area contributed by atoms with Gasteiger partial charge < -0.3 is 26.7 Å². The topological polar surface area (TPSA) is 173 Å². The van der Waals surface area contributed by atoms with Gasteiger partial charge in [-0.1, -0.05) is 5.16 Å². The van der Waals surface area contributed by atoms with Crippen molar-refractivity contribution >= 4 is 76.5 Å². The number of carboxylic acids is 1. The Hall–Kier alpha value is -2.06. The highest BCUT2D eigenvalue weighted by Crippen LogP contribution is 2.37. The number of carbonyl (C=O) groups excluding carboxylic acids is 2. The number of fused-ring (bicyclic) bond motifs is 1. The van der Waals surface area contributed by atoms with Crippen LogP contribution in [-0.4, -0.2) is 68.8 Å². The van der Waals surface area contributed by atoms with E-state index >= 15 is 0 Å². The number of aromatic nitrogens is 1. The van der Waals surface area contributed by atoms with Crippen molar-refractivity contribution in [2.45, 2.75) is 11.4 Å². The Labute approximate surface area is 185 Å². The molecule has 2 aliphatic heterocycles. The Balaban J connectivity index is 0.00000210. The molecule has 1 aromatic rings. The molecule has 3 heterocycles. The van der Waals surface area contributed by atoms with Crippen LogP contribution in [0.4, 0.5) is 5.13 Å². The molecule has 11 nitrogen and oxygen atoms in total. The number of carboxylic acid groups (broad SMARTS) is 1. The van der Waals surface area contributed by atoms with E-state index in [0.717, 1.165) is 16.2 Å². The van der Waals surface area contributed by atoms with Gasteiger partial charge in [0.2, 0.25) is 0 Å². The number of amides is 2. The van der Waals surface area contributed by atoms with E-state index in [2.05, 4.69) is 15.5 Å². The fraction of sp³-hybridized carbons (Fsp3) is 0.357. The largest absolute Gasteiger partial charge is 0.477 e. The number of nitrogens with one attached hydrogen (secondary N) is 1. The quantitative estimate of drug-likeness (QED) is 0.174. The molecule has 0 bridgehead atoms. The summed E-state index contributed by atoms with van der Waals surface area (Å²) < 4.78 is 0. The molecule has 2 amide bonds. The van der Waals surface area contributed by atoms with Gasteiger partial charge in [-0.2, -0.15) is 0 Å². The number of β-lactam (4-membered cyclic amide) rings is 1. The first-order valence-electron chi connectivity index (χ1n) is 7.74. The van der Waals surface area contributed by atoms with Crippen LogP contribution in [0, 0.1) is 0 Å². The first-order chi connectivity index (χ1) is 12.9. The van der Waals surface area contributed by atoms with Gasteiger partial charge in [-0.15, -0.1) is 47.9 Å². The maximum Gasteiger partial charge on any atom is 0.352 e. The molecule has 29 heavy (non-hydrogen) atoms. The molecule has 1 unspecified atom stereocenters. The summed E-state index contributed by atoms with van der Waals surface area (Å²) in [6, 6.07) is -0.874. The molecule has 6 N–H and O–H groups in total. The number of oxime groups is 1. The molecule has 160 valence electrons. The summed E-state index contributed by atoms with van der Waals surface area (Å²) in [4.78, 5) is 46.4. The second-order valence-electron chi connectivity index (χ2n) is 5.41. The summed E-state index contributed by atoms with van der Waals surface area (Å²) in [5.74, 6) is -1.95. The van der Waals surface area contributed by atoms with Crippen molar-refractivity contribution in [2.24, 2.45) is 10.9 Å². The zero-order chi connectivity index (χ0) is 19.6. The minimum atomic E-state index is -1.19. The third kappa shape index (κ3) is 5.11. The molecule has 1 saturated heterocycles. The molecule has 2 aliphatic rings. The molecular weight excluding hydrogens is 467 g/mol. The zero-order valence-electron chi connectivity index (χ0n) is 14.6. The van der Waals surface area contributed by atoms with E-state index in [9.17, 15) is 19.5 Å². The van der Waals surface area contributed by atoms with Crippen molar-refractivity contribution in [3.63, 3.8) is 0 Å². The van der Waals surface area contributed by atoms with Crippen molar-refractivity contribution in [1.29, 1.82) is 0 Å². The van der Waals surface area contributed by atoms with Gasteiger partial charge in [0.1, 0.15) is 29.4 Å². The van der Waals surface area contributed by atoms with E-state index < -0.39 is 29.2 Å². The number of rotatable bonds is 7. The summed E-state index contributed by atoms with van der Waals surface area (Å²) in [6.45, 7) is 0.300. The van der Waals surface area contributed by atoms with E-state index in [1.807, 2.05) is 0 Å². The molecule has 1 fully saturated rings. The van der Waals surface area contributed by atoms with E-state index in [0.29, 0.717) is 5.75 Å². The smallest absolute Gasteiger partial charge is 0.352 e. The first-order valence-corrected chi connectivity index (χ1v) is 9.67. The fourth-order valence-electron chi connectivity index (χ4n) is 2.51. The van der Waals surface area contributed by atoms with Gasteiger partial charge in [0, 0.05) is 17.7 Å². The van der Waals surface area contributed by atoms with Gasteiger partial charge in [-0.05, 0) is 6.08 Å². The van der Waals surface area contributed by atoms with Crippen molar-refractivity contribution in [3.05, 3.63) is 22.8 Å². The highest BCUT2D eigenvalue weighted by Gasteiger charge is 2.53. The van der Waals surface area contributed by atoms with Crippen LogP contribution in [0.5, 0.6) is 0 Å². The lowest BCUT2D eigenvalue weighted by Gasteiger charge is -2.48. The molecular formula is C14H18Cl2N6O5S2. The summed E-state index contributed by atoms with van der Waals surface area (Å²) in [7, 11) is 0. The van der Waals surface area contributed by atoms with Crippen LogP contribution in [0.2, 0.25) is 0 Å². The average Bonchev–Trinajstić information content (AvgIpc) is 3.08. The van der Waals surface area contributed by atoms with Crippen molar-refractivity contribution in [1.82, 2.24) is 15.2 Å². The average molecular weight is 485 g/mol. The molecule has 0 spiro atoms. The maximum atomic E-state index is 12.6. The number of thioether (sulfide) groups is 1. The summed E-state index contributed by atoms with van der Waals surface area (Å²) in [5, 5.41) is 16.8. The second kappa shape index (κ2) is 10.6. The minimum absolute atomic E-state index is 0. The predicted octanol–water partition coefficient (Wildman–Crippen LogP) is -0.383. The first kappa shape index (κ1) is 25.0. The van der Waals surface area contributed by atoms with Gasteiger partial charge >= 0.3 is 5.97 Å². The normalized spacial score (nSPS) is 20.3. The number of nitrogens with two attached hydrogens (primary N) is 2. The van der Waals surface area contributed by atoms with Gasteiger partial charge in [0.25, 0.3) is 11.8 Å². The Kier molecular flexibility index (Phi) is 9.16. The van der Waals surface area contributed by atoms with Crippen molar-refractivity contribution in [2.75, 3.05) is 24.6 Å². The van der Waals surface area contributed by atoms with Crippen LogP contribution in [0.15, 0.2) is 22.3 Å². The Morgan fingerprint density at radius 2 is 2.17 bits per heavy atom.